The SMILES string of the molecule is COc1ccc(CC/C=C(\C)[C@H](O)[C@H](C)/C=C/C#CCC/C=C(\C)C(=O)N(Cc2ccccc2)Cc2ccccc2)cc1OC. The number of methoxy groups -OCH3 is 2. The molecule has 0 fully saturated rings. The van der Waals surface area contributed by atoms with Crippen LogP contribution in [-0.2, 0) is 24.3 Å². The van der Waals surface area contributed by atoms with E-state index in [4.69, 9.17) is 9.47 Å². The average Bonchev–Trinajstić information content (AvgIpc) is 3.07. The molecule has 5 nitrogen and oxygen atoms in total. The van der Waals surface area contributed by atoms with E-state index in [2.05, 4.69) is 17.9 Å². The van der Waals surface area contributed by atoms with Crippen LogP contribution >= 0.6 is 0 Å². The number of hydrogen-bond donors (Lipinski definition) is 1. The molecule has 0 radical (unpaired) electrons. The lowest BCUT2D eigenvalue weighted by Gasteiger charge is -2.23. The van der Waals surface area contributed by atoms with Crippen LogP contribution in [0.1, 0.15) is 56.7 Å². The van der Waals surface area contributed by atoms with Crippen LogP contribution in [0.4, 0.5) is 0 Å². The Morgan fingerprint density at radius 3 is 2.07 bits per heavy atom. The molecular formula is C40H47NO4. The number of aryl methyl sites for hydroxylation is 1. The number of hydrogen-bond acceptors (Lipinski definition) is 4. The molecule has 1 N–H and O–H groups in total. The van der Waals surface area contributed by atoms with Gasteiger partial charge in [0.05, 0.1) is 20.3 Å². The van der Waals surface area contributed by atoms with Gasteiger partial charge in [0, 0.05) is 31.0 Å². The van der Waals surface area contributed by atoms with Gasteiger partial charge in [-0.1, -0.05) is 104 Å². The van der Waals surface area contributed by atoms with Gasteiger partial charge in [0.25, 0.3) is 0 Å². The van der Waals surface area contributed by atoms with Gasteiger partial charge in [0.1, 0.15) is 0 Å². The molecule has 0 bridgehead atoms. The van der Waals surface area contributed by atoms with Crippen molar-refractivity contribution in [3.8, 4) is 23.3 Å². The number of carbonyl (C=O) groups excluding carboxylic acids is 1. The fraction of sp³-hybridized carbons (Fsp3) is 0.325. The summed E-state index contributed by atoms with van der Waals surface area (Å²) in [7, 11) is 3.27. The molecule has 0 spiro atoms. The van der Waals surface area contributed by atoms with Crippen LogP contribution in [0.2, 0.25) is 0 Å². The molecule has 3 aromatic carbocycles. The molecular weight excluding hydrogens is 558 g/mol. The lowest BCUT2D eigenvalue weighted by molar-refractivity contribution is -0.128. The number of nitrogens with zero attached hydrogens (tertiary/aromatic N) is 1. The number of aliphatic hydroxyl groups is 1. The second kappa shape index (κ2) is 19.0. The van der Waals surface area contributed by atoms with E-state index in [1.165, 1.54) is 0 Å². The summed E-state index contributed by atoms with van der Waals surface area (Å²) >= 11 is 0. The van der Waals surface area contributed by atoms with Crippen molar-refractivity contribution in [1.29, 1.82) is 0 Å². The van der Waals surface area contributed by atoms with E-state index in [1.54, 1.807) is 14.2 Å². The summed E-state index contributed by atoms with van der Waals surface area (Å²) in [6.45, 7) is 6.95. The Bertz CT molecular complexity index is 1450. The summed E-state index contributed by atoms with van der Waals surface area (Å²) < 4.78 is 10.7. The smallest absolute Gasteiger partial charge is 0.249 e. The number of ether oxygens (including phenoxy) is 2. The van der Waals surface area contributed by atoms with Crippen LogP contribution < -0.4 is 9.47 Å². The molecule has 3 rings (SSSR count). The predicted octanol–water partition coefficient (Wildman–Crippen LogP) is 8.09. The Morgan fingerprint density at radius 1 is 0.844 bits per heavy atom. The summed E-state index contributed by atoms with van der Waals surface area (Å²) in [5, 5.41) is 10.8. The van der Waals surface area contributed by atoms with Crippen molar-refractivity contribution in [3.63, 3.8) is 0 Å². The fourth-order valence-electron chi connectivity index (χ4n) is 4.98. The second-order valence-electron chi connectivity index (χ2n) is 11.2. The molecule has 2 atom stereocenters. The minimum Gasteiger partial charge on any atom is -0.493 e. The molecule has 45 heavy (non-hydrogen) atoms. The first-order valence-corrected chi connectivity index (χ1v) is 15.6. The highest BCUT2D eigenvalue weighted by Gasteiger charge is 2.16. The normalized spacial score (nSPS) is 13.1. The molecule has 0 saturated carbocycles. The zero-order chi connectivity index (χ0) is 32.4. The fourth-order valence-corrected chi connectivity index (χ4v) is 4.98. The van der Waals surface area contributed by atoms with Gasteiger partial charge in [-0.05, 0) is 73.6 Å². The average molecular weight is 606 g/mol. The summed E-state index contributed by atoms with van der Waals surface area (Å²) in [5.74, 6) is 7.65. The van der Waals surface area contributed by atoms with Crippen LogP contribution in [0, 0.1) is 17.8 Å². The Kier molecular flexibility index (Phi) is 14.7. The maximum atomic E-state index is 13.4. The van der Waals surface area contributed by atoms with Crippen molar-refractivity contribution in [1.82, 2.24) is 4.90 Å². The number of carbonyl (C=O) groups is 1. The van der Waals surface area contributed by atoms with Gasteiger partial charge in [0.2, 0.25) is 5.91 Å². The lowest BCUT2D eigenvalue weighted by Crippen LogP contribution is -2.30. The largest absolute Gasteiger partial charge is 0.493 e. The standard InChI is InChI=1S/C40H47NO4/c1-31(39(42)32(2)20-17-25-34-26-27-37(44-4)38(28-34)45-5)18-11-7-6-8-12-19-33(3)40(43)41(29-35-21-13-9-14-22-35)30-36-23-15-10-16-24-36/h9-11,13-16,18-24,26-28,31,39,42H,8,12,17,25,29-30H2,1-5H3/b18-11+,32-20+,33-19+/t31-,39-/m1/s1. The second-order valence-corrected chi connectivity index (χ2v) is 11.2. The minimum atomic E-state index is -0.570. The van der Waals surface area contributed by atoms with E-state index in [0.717, 1.165) is 46.4 Å². The highest BCUT2D eigenvalue weighted by molar-refractivity contribution is 5.92. The Labute approximate surface area is 269 Å². The van der Waals surface area contributed by atoms with Gasteiger partial charge in [-0.2, -0.15) is 0 Å². The van der Waals surface area contributed by atoms with Crippen molar-refractivity contribution in [3.05, 3.63) is 131 Å². The number of allylic oxidation sites excluding steroid dienone is 3. The first kappa shape index (κ1) is 35.0. The molecule has 236 valence electrons. The third-order valence-electron chi connectivity index (χ3n) is 7.67. The molecule has 0 aromatic heterocycles. The molecule has 1 amide bonds. The molecule has 0 aliphatic heterocycles. The van der Waals surface area contributed by atoms with Crippen molar-refractivity contribution >= 4 is 5.91 Å². The zero-order valence-electron chi connectivity index (χ0n) is 27.3. The third-order valence-corrected chi connectivity index (χ3v) is 7.67. The highest BCUT2D eigenvalue weighted by atomic mass is 16.5. The van der Waals surface area contributed by atoms with Gasteiger partial charge >= 0.3 is 0 Å². The number of aliphatic hydroxyl groups excluding tert-OH is 1. The molecule has 0 aliphatic rings. The van der Waals surface area contributed by atoms with Gasteiger partial charge in [-0.15, -0.1) is 0 Å². The monoisotopic (exact) mass is 605 g/mol. The summed E-state index contributed by atoms with van der Waals surface area (Å²) in [5.41, 5.74) is 5.03. The van der Waals surface area contributed by atoms with Crippen molar-refractivity contribution in [2.45, 2.75) is 65.6 Å². The molecule has 5 heteroatoms. The molecule has 0 saturated heterocycles. The van der Waals surface area contributed by atoms with E-state index in [-0.39, 0.29) is 11.8 Å². The molecule has 0 aliphatic carbocycles. The number of amides is 1. The van der Waals surface area contributed by atoms with Gasteiger partial charge in [-0.3, -0.25) is 4.79 Å². The van der Waals surface area contributed by atoms with Crippen LogP contribution in [0.25, 0.3) is 0 Å². The van der Waals surface area contributed by atoms with Gasteiger partial charge < -0.3 is 19.5 Å². The Morgan fingerprint density at radius 2 is 1.47 bits per heavy atom. The number of benzene rings is 3. The van der Waals surface area contributed by atoms with Crippen LogP contribution in [-0.4, -0.2) is 36.2 Å². The molecule has 3 aromatic rings. The minimum absolute atomic E-state index is 0.0329. The lowest BCUT2D eigenvalue weighted by atomic mass is 9.96. The first-order chi connectivity index (χ1) is 21.8. The van der Waals surface area contributed by atoms with Crippen molar-refractivity contribution in [2.75, 3.05) is 14.2 Å². The van der Waals surface area contributed by atoms with E-state index in [0.29, 0.717) is 31.7 Å². The Balaban J connectivity index is 1.47. The quantitative estimate of drug-likeness (QED) is 0.0823. The predicted molar refractivity (Wildman–Crippen MR) is 184 cm³/mol. The van der Waals surface area contributed by atoms with E-state index < -0.39 is 6.10 Å². The maximum Gasteiger partial charge on any atom is 0.249 e. The van der Waals surface area contributed by atoms with Crippen molar-refractivity contribution < 1.29 is 19.4 Å². The van der Waals surface area contributed by atoms with Crippen LogP contribution in [0.15, 0.2) is 114 Å². The summed E-state index contributed by atoms with van der Waals surface area (Å²) in [6, 6.07) is 26.1. The van der Waals surface area contributed by atoms with Crippen LogP contribution in [0.3, 0.4) is 0 Å². The van der Waals surface area contributed by atoms with E-state index in [9.17, 15) is 9.90 Å². The van der Waals surface area contributed by atoms with Crippen LogP contribution in [0.5, 0.6) is 11.5 Å². The molecule has 0 heterocycles. The third kappa shape index (κ3) is 11.8. The summed E-state index contributed by atoms with van der Waals surface area (Å²) in [4.78, 5) is 15.3. The Hall–Kier alpha value is -4.53. The zero-order valence-corrected chi connectivity index (χ0v) is 27.3. The molecule has 0 unspecified atom stereocenters. The topological polar surface area (TPSA) is 59.0 Å². The van der Waals surface area contributed by atoms with E-state index >= 15 is 0 Å². The maximum absolute atomic E-state index is 13.4. The van der Waals surface area contributed by atoms with Gasteiger partial charge in [-0.25, -0.2) is 0 Å². The van der Waals surface area contributed by atoms with Gasteiger partial charge in [0.15, 0.2) is 11.5 Å². The number of rotatable bonds is 15. The van der Waals surface area contributed by atoms with E-state index in [1.807, 2.05) is 123 Å². The highest BCUT2D eigenvalue weighted by Crippen LogP contribution is 2.28. The summed E-state index contributed by atoms with van der Waals surface area (Å²) in [6.07, 6.45) is 10.3. The van der Waals surface area contributed by atoms with Crippen molar-refractivity contribution in [2.24, 2.45) is 5.92 Å². The first-order valence-electron chi connectivity index (χ1n) is 15.6. The number of unbranched alkanes of at least 4 members (excludes halogenated alkanes) is 1.